The van der Waals surface area contributed by atoms with Gasteiger partial charge in [0, 0.05) is 20.1 Å². The zero-order valence-electron chi connectivity index (χ0n) is 12.1. The van der Waals surface area contributed by atoms with E-state index in [1.807, 2.05) is 0 Å². The van der Waals surface area contributed by atoms with E-state index in [0.717, 1.165) is 17.1 Å². The van der Waals surface area contributed by atoms with E-state index in [1.54, 1.807) is 0 Å². The van der Waals surface area contributed by atoms with Crippen LogP contribution in [0.4, 0.5) is 11.4 Å². The van der Waals surface area contributed by atoms with Gasteiger partial charge in [-0.1, -0.05) is 0 Å². The van der Waals surface area contributed by atoms with Gasteiger partial charge in [0.2, 0.25) is 15.9 Å². The van der Waals surface area contributed by atoms with Crippen molar-refractivity contribution in [3.8, 4) is 0 Å². The summed E-state index contributed by atoms with van der Waals surface area (Å²) in [4.78, 5) is 11.8. The molecule has 1 aromatic carbocycles. The van der Waals surface area contributed by atoms with Crippen LogP contribution >= 0.6 is 0 Å². The van der Waals surface area contributed by atoms with E-state index in [9.17, 15) is 13.2 Å². The number of nitrogens with zero attached hydrogens (tertiary/aromatic N) is 1. The van der Waals surface area contributed by atoms with E-state index in [0.29, 0.717) is 11.4 Å². The Morgan fingerprint density at radius 2 is 2.05 bits per heavy atom. The topological polar surface area (TPSA) is 105 Å². The molecule has 0 saturated heterocycles. The second-order valence-electron chi connectivity index (χ2n) is 5.23. The summed E-state index contributed by atoms with van der Waals surface area (Å²) in [5.41, 5.74) is 6.64. The fourth-order valence-corrected chi connectivity index (χ4v) is 2.67. The third-order valence-corrected chi connectivity index (χ3v) is 5.00. The lowest BCUT2D eigenvalue weighted by Gasteiger charge is -2.14. The third-order valence-electron chi connectivity index (χ3n) is 3.19. The molecule has 0 unspecified atom stereocenters. The number of anilines is 2. The van der Waals surface area contributed by atoms with Crippen LogP contribution in [0.1, 0.15) is 12.8 Å². The monoisotopic (exact) mass is 312 g/mol. The Balaban J connectivity index is 2.10. The standard InChI is InChI=1S/C13H20N4O3S/c1-17(2)21(19,20)10-5-6-11(14)12(7-10)15-8-13(18)16-9-3-4-9/h5-7,9,15H,3-4,8,14H2,1-2H3,(H,16,18). The average Bonchev–Trinajstić information content (AvgIpc) is 3.21. The molecule has 1 aliphatic carbocycles. The van der Waals surface area contributed by atoms with Crippen molar-refractivity contribution in [2.75, 3.05) is 31.7 Å². The number of carbonyl (C=O) groups is 1. The second kappa shape index (κ2) is 5.90. The number of carbonyl (C=O) groups excluding carboxylic acids is 1. The Morgan fingerprint density at radius 1 is 1.38 bits per heavy atom. The summed E-state index contributed by atoms with van der Waals surface area (Å²) < 4.78 is 25.3. The second-order valence-corrected chi connectivity index (χ2v) is 7.38. The molecule has 116 valence electrons. The predicted molar refractivity (Wildman–Crippen MR) is 81.4 cm³/mol. The van der Waals surface area contributed by atoms with Crippen LogP contribution in [0.2, 0.25) is 0 Å². The number of hydrogen-bond donors (Lipinski definition) is 3. The molecule has 0 spiro atoms. The SMILES string of the molecule is CN(C)S(=O)(=O)c1ccc(N)c(NCC(=O)NC2CC2)c1. The smallest absolute Gasteiger partial charge is 0.242 e. The number of benzene rings is 1. The van der Waals surface area contributed by atoms with Gasteiger partial charge < -0.3 is 16.4 Å². The first-order chi connectivity index (χ1) is 9.80. The van der Waals surface area contributed by atoms with Crippen molar-refractivity contribution < 1.29 is 13.2 Å². The summed E-state index contributed by atoms with van der Waals surface area (Å²) in [6.07, 6.45) is 2.04. The molecule has 1 saturated carbocycles. The van der Waals surface area contributed by atoms with Crippen molar-refractivity contribution in [2.24, 2.45) is 0 Å². The molecule has 1 aromatic rings. The number of hydrogen-bond acceptors (Lipinski definition) is 5. The minimum Gasteiger partial charge on any atom is -0.397 e. The van der Waals surface area contributed by atoms with Crippen LogP contribution < -0.4 is 16.4 Å². The zero-order valence-corrected chi connectivity index (χ0v) is 12.9. The number of amides is 1. The number of nitrogens with one attached hydrogen (secondary N) is 2. The zero-order chi connectivity index (χ0) is 15.6. The molecule has 7 nitrogen and oxygen atoms in total. The minimum atomic E-state index is -3.53. The Labute approximate surface area is 124 Å². The lowest BCUT2D eigenvalue weighted by molar-refractivity contribution is -0.119. The molecule has 2 rings (SSSR count). The Kier molecular flexibility index (Phi) is 4.38. The normalized spacial score (nSPS) is 15.0. The lowest BCUT2D eigenvalue weighted by Crippen LogP contribution is -2.31. The molecule has 0 bridgehead atoms. The molecular formula is C13H20N4O3S. The maximum atomic E-state index is 12.1. The molecule has 0 atom stereocenters. The molecule has 21 heavy (non-hydrogen) atoms. The molecule has 0 aliphatic heterocycles. The van der Waals surface area contributed by atoms with E-state index in [-0.39, 0.29) is 23.4 Å². The first-order valence-electron chi connectivity index (χ1n) is 6.66. The summed E-state index contributed by atoms with van der Waals surface area (Å²) in [6, 6.07) is 4.68. The van der Waals surface area contributed by atoms with Crippen LogP contribution in [0.5, 0.6) is 0 Å². The van der Waals surface area contributed by atoms with Gasteiger partial charge in [-0.15, -0.1) is 0 Å². The molecule has 1 aliphatic rings. The quantitative estimate of drug-likeness (QED) is 0.651. The van der Waals surface area contributed by atoms with Gasteiger partial charge in [-0.25, -0.2) is 12.7 Å². The van der Waals surface area contributed by atoms with E-state index in [4.69, 9.17) is 5.73 Å². The number of nitrogens with two attached hydrogens (primary N) is 1. The molecule has 0 aromatic heterocycles. The van der Waals surface area contributed by atoms with Crippen LogP contribution in [0, 0.1) is 0 Å². The van der Waals surface area contributed by atoms with E-state index in [2.05, 4.69) is 10.6 Å². The highest BCUT2D eigenvalue weighted by Crippen LogP contribution is 2.24. The summed E-state index contributed by atoms with van der Waals surface area (Å²) in [5.74, 6) is -0.127. The van der Waals surface area contributed by atoms with Crippen LogP contribution in [-0.2, 0) is 14.8 Å². The largest absolute Gasteiger partial charge is 0.397 e. The van der Waals surface area contributed by atoms with Crippen molar-refractivity contribution >= 4 is 27.3 Å². The molecule has 1 fully saturated rings. The van der Waals surface area contributed by atoms with Gasteiger partial charge in [-0.2, -0.15) is 0 Å². The van der Waals surface area contributed by atoms with Gasteiger partial charge in [-0.05, 0) is 31.0 Å². The fraction of sp³-hybridized carbons (Fsp3) is 0.462. The lowest BCUT2D eigenvalue weighted by atomic mass is 10.2. The Morgan fingerprint density at radius 3 is 2.62 bits per heavy atom. The summed E-state index contributed by atoms with van der Waals surface area (Å²) in [5, 5.41) is 5.72. The van der Waals surface area contributed by atoms with Gasteiger partial charge in [-0.3, -0.25) is 4.79 Å². The maximum absolute atomic E-state index is 12.1. The van der Waals surface area contributed by atoms with Crippen LogP contribution in [0.25, 0.3) is 0 Å². The highest BCUT2D eigenvalue weighted by molar-refractivity contribution is 7.89. The molecular weight excluding hydrogens is 292 g/mol. The predicted octanol–water partition coefficient (Wildman–Crippen LogP) is 0.210. The van der Waals surface area contributed by atoms with Gasteiger partial charge >= 0.3 is 0 Å². The highest BCUT2D eigenvalue weighted by Gasteiger charge is 2.23. The molecule has 0 radical (unpaired) electrons. The minimum absolute atomic E-state index is 0.0617. The first-order valence-corrected chi connectivity index (χ1v) is 8.10. The van der Waals surface area contributed by atoms with Gasteiger partial charge in [0.1, 0.15) is 0 Å². The number of sulfonamides is 1. The van der Waals surface area contributed by atoms with Crippen molar-refractivity contribution in [3.63, 3.8) is 0 Å². The van der Waals surface area contributed by atoms with Crippen molar-refractivity contribution in [2.45, 2.75) is 23.8 Å². The van der Waals surface area contributed by atoms with E-state index >= 15 is 0 Å². The molecule has 8 heteroatoms. The van der Waals surface area contributed by atoms with Gasteiger partial charge in [0.15, 0.2) is 0 Å². The molecule has 0 heterocycles. The van der Waals surface area contributed by atoms with Crippen LogP contribution in [0.15, 0.2) is 23.1 Å². The number of nitrogen functional groups attached to an aromatic ring is 1. The summed E-state index contributed by atoms with van der Waals surface area (Å²) in [7, 11) is -0.606. The Bertz CT molecular complexity index is 639. The fourth-order valence-electron chi connectivity index (χ4n) is 1.74. The first kappa shape index (κ1) is 15.6. The number of rotatable bonds is 6. The van der Waals surface area contributed by atoms with Crippen molar-refractivity contribution in [3.05, 3.63) is 18.2 Å². The van der Waals surface area contributed by atoms with Gasteiger partial charge in [0.25, 0.3) is 0 Å². The highest BCUT2D eigenvalue weighted by atomic mass is 32.2. The van der Waals surface area contributed by atoms with Crippen molar-refractivity contribution in [1.29, 1.82) is 0 Å². The van der Waals surface area contributed by atoms with Crippen LogP contribution in [0.3, 0.4) is 0 Å². The van der Waals surface area contributed by atoms with E-state index < -0.39 is 10.0 Å². The Hall–Kier alpha value is -1.80. The van der Waals surface area contributed by atoms with Crippen molar-refractivity contribution in [1.82, 2.24) is 9.62 Å². The van der Waals surface area contributed by atoms with Gasteiger partial charge in [0.05, 0.1) is 22.8 Å². The van der Waals surface area contributed by atoms with E-state index in [1.165, 1.54) is 32.3 Å². The summed E-state index contributed by atoms with van der Waals surface area (Å²) >= 11 is 0. The molecule has 1 amide bonds. The average molecular weight is 312 g/mol. The maximum Gasteiger partial charge on any atom is 0.242 e. The summed E-state index contributed by atoms with van der Waals surface area (Å²) in [6.45, 7) is 0.0617. The molecule has 4 N–H and O–H groups in total. The van der Waals surface area contributed by atoms with Crippen LogP contribution in [-0.4, -0.2) is 45.3 Å². The third kappa shape index (κ3) is 3.85.